The van der Waals surface area contributed by atoms with Crippen LogP contribution in [-0.2, 0) is 19.9 Å². The van der Waals surface area contributed by atoms with Gasteiger partial charge in [0.25, 0.3) is 5.91 Å². The third-order valence-electron chi connectivity index (χ3n) is 8.89. The number of aliphatic carboxylic acids is 1. The van der Waals surface area contributed by atoms with Gasteiger partial charge >= 0.3 is 12.0 Å². The number of hydrogen-bond donors (Lipinski definition) is 5. The summed E-state index contributed by atoms with van der Waals surface area (Å²) in [4.78, 5) is 51.8. The number of rotatable bonds is 8. The van der Waals surface area contributed by atoms with Crippen molar-refractivity contribution in [2.45, 2.75) is 63.5 Å². The monoisotopic (exact) mass is 495 g/mol. The molecule has 4 bridgehead atoms. The van der Waals surface area contributed by atoms with Gasteiger partial charge in [-0.2, -0.15) is 0 Å². The summed E-state index contributed by atoms with van der Waals surface area (Å²) in [5, 5.41) is 22.7. The first-order valence-electron chi connectivity index (χ1n) is 12.6. The van der Waals surface area contributed by atoms with Gasteiger partial charge in [0.1, 0.15) is 17.9 Å². The molecule has 5 aliphatic rings. The summed E-state index contributed by atoms with van der Waals surface area (Å²) in [6.45, 7) is 1.09. The van der Waals surface area contributed by atoms with Crippen LogP contribution in [0.4, 0.5) is 4.79 Å². The molecule has 10 heteroatoms. The third kappa shape index (κ3) is 4.12. The van der Waals surface area contributed by atoms with Crippen LogP contribution in [0, 0.1) is 28.6 Å². The van der Waals surface area contributed by atoms with E-state index in [0.717, 1.165) is 24.2 Å². The molecule has 2 atom stereocenters. The minimum atomic E-state index is -1.37. The first-order valence-corrected chi connectivity index (χ1v) is 12.6. The average Bonchev–Trinajstić information content (AvgIpc) is 3.01. The van der Waals surface area contributed by atoms with E-state index in [1.807, 2.05) is 0 Å². The maximum atomic E-state index is 13.3. The Labute approximate surface area is 209 Å². The van der Waals surface area contributed by atoms with E-state index in [-0.39, 0.29) is 17.7 Å². The lowest BCUT2D eigenvalue weighted by atomic mass is 9.47. The zero-order valence-corrected chi connectivity index (χ0v) is 20.4. The molecule has 0 aromatic heterocycles. The van der Waals surface area contributed by atoms with Gasteiger partial charge in [0, 0.05) is 11.6 Å². The summed E-state index contributed by atoms with van der Waals surface area (Å²) in [7, 11) is 0. The predicted octanol–water partition coefficient (Wildman–Crippen LogP) is 1.91. The molecule has 10 nitrogen and oxygen atoms in total. The Morgan fingerprint density at radius 3 is 2.19 bits per heavy atom. The number of nitrogens with two attached hydrogens (primary N) is 1. The summed E-state index contributed by atoms with van der Waals surface area (Å²) in [6, 6.07) is 5.22. The number of nitrogen functional groups attached to an aromatic ring is 1. The first-order chi connectivity index (χ1) is 17.0. The molecule has 0 spiro atoms. The molecular weight excluding hydrogens is 462 g/mol. The number of amidine groups is 1. The molecular formula is C26H33N5O5. The molecule has 1 heterocycles. The Balaban J connectivity index is 1.30. The maximum absolute atomic E-state index is 13.3. The molecule has 36 heavy (non-hydrogen) atoms. The normalized spacial score (nSPS) is 33.4. The summed E-state index contributed by atoms with van der Waals surface area (Å²) in [5.74, 6) is -0.407. The van der Waals surface area contributed by atoms with Gasteiger partial charge in [0.15, 0.2) is 0 Å². The van der Waals surface area contributed by atoms with Crippen LogP contribution < -0.4 is 16.4 Å². The van der Waals surface area contributed by atoms with Gasteiger partial charge in [-0.25, -0.2) is 4.79 Å². The quantitative estimate of drug-likeness (QED) is 0.210. The fourth-order valence-corrected chi connectivity index (χ4v) is 7.60. The average molecular weight is 496 g/mol. The molecule has 1 aliphatic heterocycles. The van der Waals surface area contributed by atoms with Crippen LogP contribution in [0.3, 0.4) is 0 Å². The van der Waals surface area contributed by atoms with Crippen molar-refractivity contribution in [1.82, 2.24) is 15.5 Å². The van der Waals surface area contributed by atoms with Crippen LogP contribution in [0.5, 0.6) is 0 Å². The van der Waals surface area contributed by atoms with Gasteiger partial charge in [0.05, 0.1) is 6.42 Å². The number of carboxylic acids is 1. The number of hydrogen-bond acceptors (Lipinski definition) is 5. The second-order valence-corrected chi connectivity index (χ2v) is 11.4. The standard InChI is InChI=1S/C26H33N5O5/c1-25(18-4-2-17(3-5-18)22(27)28)23(35)31(24(36)30-25)13-20(32)29-19(9-21(33)34)26-10-14-6-15(11-26)8-16(7-14)12-26/h2-5,14-16,19H,6-13H2,1H3,(H3,27,28)(H,29,32)(H,30,36)(H,33,34). The molecule has 4 aliphatic carbocycles. The number of imide groups is 1. The van der Waals surface area contributed by atoms with E-state index in [4.69, 9.17) is 11.1 Å². The number of carbonyl (C=O) groups excluding carboxylic acids is 3. The van der Waals surface area contributed by atoms with Crippen LogP contribution >= 0.6 is 0 Å². The van der Waals surface area contributed by atoms with Crippen molar-refractivity contribution < 1.29 is 24.3 Å². The number of amides is 4. The van der Waals surface area contributed by atoms with Crippen molar-refractivity contribution in [2.75, 3.05) is 6.54 Å². The highest BCUT2D eigenvalue weighted by Gasteiger charge is 2.55. The molecule has 1 aromatic rings. The number of carbonyl (C=O) groups is 4. The Kier molecular flexibility index (Phi) is 5.80. The summed E-state index contributed by atoms with van der Waals surface area (Å²) >= 11 is 0. The molecule has 6 rings (SSSR count). The van der Waals surface area contributed by atoms with E-state index in [1.165, 1.54) is 19.3 Å². The molecule has 5 fully saturated rings. The van der Waals surface area contributed by atoms with Crippen molar-refractivity contribution in [3.63, 3.8) is 0 Å². The Morgan fingerprint density at radius 2 is 1.69 bits per heavy atom. The molecule has 4 amide bonds. The lowest BCUT2D eigenvalue weighted by Gasteiger charge is -2.59. The Bertz CT molecular complexity index is 1100. The number of urea groups is 1. The van der Waals surface area contributed by atoms with Crippen LogP contribution in [0.1, 0.15) is 63.0 Å². The SMILES string of the molecule is CC1(c2ccc(C(=N)N)cc2)NC(=O)N(CC(=O)NC(CC(=O)O)C23CC4CC(CC(C4)C2)C3)C1=O. The van der Waals surface area contributed by atoms with Crippen LogP contribution in [0.15, 0.2) is 24.3 Å². The van der Waals surface area contributed by atoms with Gasteiger partial charge in [-0.3, -0.25) is 24.7 Å². The minimum Gasteiger partial charge on any atom is -0.481 e. The highest BCUT2D eigenvalue weighted by atomic mass is 16.4. The fraction of sp³-hybridized carbons (Fsp3) is 0.577. The topological polar surface area (TPSA) is 166 Å². The second kappa shape index (κ2) is 8.60. The number of carboxylic acid groups (broad SMARTS) is 1. The number of benzene rings is 1. The Morgan fingerprint density at radius 1 is 1.14 bits per heavy atom. The van der Waals surface area contributed by atoms with Crippen molar-refractivity contribution in [3.8, 4) is 0 Å². The molecule has 2 unspecified atom stereocenters. The smallest absolute Gasteiger partial charge is 0.325 e. The van der Waals surface area contributed by atoms with E-state index in [0.29, 0.717) is 28.9 Å². The summed E-state index contributed by atoms with van der Waals surface area (Å²) < 4.78 is 0. The summed E-state index contributed by atoms with van der Waals surface area (Å²) in [6.07, 6.45) is 6.20. The van der Waals surface area contributed by atoms with E-state index < -0.39 is 41.9 Å². The third-order valence-corrected chi connectivity index (χ3v) is 8.89. The van der Waals surface area contributed by atoms with Gasteiger partial charge in [-0.1, -0.05) is 24.3 Å². The fourth-order valence-electron chi connectivity index (χ4n) is 7.60. The van der Waals surface area contributed by atoms with Crippen LogP contribution in [0.25, 0.3) is 0 Å². The summed E-state index contributed by atoms with van der Waals surface area (Å²) in [5.41, 5.74) is 4.90. The Hall–Kier alpha value is -3.43. The lowest BCUT2D eigenvalue weighted by molar-refractivity contribution is -0.143. The van der Waals surface area contributed by atoms with Crippen LogP contribution in [-0.4, -0.2) is 52.2 Å². The predicted molar refractivity (Wildman–Crippen MR) is 130 cm³/mol. The van der Waals surface area contributed by atoms with E-state index >= 15 is 0 Å². The number of nitrogens with one attached hydrogen (secondary N) is 3. The number of nitrogens with zero attached hydrogens (tertiary/aromatic N) is 1. The molecule has 4 saturated carbocycles. The van der Waals surface area contributed by atoms with Crippen molar-refractivity contribution in [2.24, 2.45) is 28.9 Å². The van der Waals surface area contributed by atoms with Crippen molar-refractivity contribution in [3.05, 3.63) is 35.4 Å². The van der Waals surface area contributed by atoms with Crippen molar-refractivity contribution in [1.29, 1.82) is 5.41 Å². The van der Waals surface area contributed by atoms with Gasteiger partial charge < -0.3 is 21.5 Å². The first kappa shape index (κ1) is 24.3. The highest BCUT2D eigenvalue weighted by molar-refractivity contribution is 6.09. The molecule has 192 valence electrons. The largest absolute Gasteiger partial charge is 0.481 e. The highest BCUT2D eigenvalue weighted by Crippen LogP contribution is 2.61. The molecule has 1 aromatic carbocycles. The minimum absolute atomic E-state index is 0.110. The lowest BCUT2D eigenvalue weighted by Crippen LogP contribution is -2.58. The van der Waals surface area contributed by atoms with Gasteiger partial charge in [-0.15, -0.1) is 0 Å². The van der Waals surface area contributed by atoms with Gasteiger partial charge in [-0.05, 0) is 74.2 Å². The molecule has 6 N–H and O–H groups in total. The second-order valence-electron chi connectivity index (χ2n) is 11.4. The molecule has 0 radical (unpaired) electrons. The van der Waals surface area contributed by atoms with Gasteiger partial charge in [0.2, 0.25) is 5.91 Å². The van der Waals surface area contributed by atoms with E-state index in [1.54, 1.807) is 31.2 Å². The maximum Gasteiger partial charge on any atom is 0.325 e. The zero-order chi connectivity index (χ0) is 25.8. The van der Waals surface area contributed by atoms with Crippen molar-refractivity contribution >= 4 is 29.7 Å². The van der Waals surface area contributed by atoms with E-state index in [2.05, 4.69) is 10.6 Å². The van der Waals surface area contributed by atoms with Crippen LogP contribution in [0.2, 0.25) is 0 Å². The van der Waals surface area contributed by atoms with E-state index in [9.17, 15) is 24.3 Å². The zero-order valence-electron chi connectivity index (χ0n) is 20.4. The molecule has 1 saturated heterocycles.